The van der Waals surface area contributed by atoms with Crippen molar-refractivity contribution >= 4 is 28.5 Å². The lowest BCUT2D eigenvalue weighted by Crippen LogP contribution is -2.50. The molecular weight excluding hydrogens is 361 g/mol. The molecule has 7 nitrogen and oxygen atoms in total. The maximum atomic E-state index is 12.5. The van der Waals surface area contributed by atoms with E-state index < -0.39 is 6.67 Å². The zero-order chi connectivity index (χ0) is 19.7. The summed E-state index contributed by atoms with van der Waals surface area (Å²) in [4.78, 5) is 26.9. The van der Waals surface area contributed by atoms with Crippen LogP contribution in [-0.2, 0) is 4.79 Å². The zero-order valence-electron chi connectivity index (χ0n) is 15.9. The Bertz CT molecular complexity index is 986. The van der Waals surface area contributed by atoms with Crippen molar-refractivity contribution in [2.45, 2.75) is 0 Å². The Morgan fingerprint density at radius 2 is 2.07 bits per heavy atom. The number of fused-ring (bicyclic) bond motifs is 1. The van der Waals surface area contributed by atoms with E-state index in [1.54, 1.807) is 11.1 Å². The van der Waals surface area contributed by atoms with E-state index in [1.165, 1.54) is 0 Å². The maximum Gasteiger partial charge on any atom is 0.241 e. The number of nitrogens with zero attached hydrogens (tertiary/aromatic N) is 5. The third kappa shape index (κ3) is 3.55. The number of hydrogen-bond acceptors (Lipinski definition) is 6. The van der Waals surface area contributed by atoms with E-state index in [4.69, 9.17) is 4.42 Å². The van der Waals surface area contributed by atoms with Crippen LogP contribution in [0.25, 0.3) is 22.6 Å². The SMILES string of the molecule is CN(C)c1ccc(-c2nc3cc(N4CCN(CCF)CC4=O)ccc3o2)cn1. The lowest BCUT2D eigenvalue weighted by Gasteiger charge is -2.33. The Hall–Kier alpha value is -3.00. The number of halogens is 1. The van der Waals surface area contributed by atoms with Crippen LogP contribution in [0.5, 0.6) is 0 Å². The molecule has 0 saturated carbocycles. The van der Waals surface area contributed by atoms with Gasteiger partial charge in [0.2, 0.25) is 11.8 Å². The Kier molecular flexibility index (Phi) is 4.95. The fourth-order valence-corrected chi connectivity index (χ4v) is 3.29. The molecule has 0 N–H and O–H groups in total. The van der Waals surface area contributed by atoms with E-state index in [0.29, 0.717) is 36.6 Å². The topological polar surface area (TPSA) is 65.7 Å². The molecule has 1 saturated heterocycles. The molecule has 1 fully saturated rings. The average Bonchev–Trinajstić information content (AvgIpc) is 3.12. The standard InChI is InChI=1S/C20H22FN5O2/c1-24(2)18-6-3-14(12-22-18)20-23-16-11-15(4-5-17(16)28-20)26-10-9-25(8-7-21)13-19(26)27/h3-6,11-12H,7-10,13H2,1-2H3. The summed E-state index contributed by atoms with van der Waals surface area (Å²) in [6, 6.07) is 9.36. The second-order valence-corrected chi connectivity index (χ2v) is 6.98. The number of aromatic nitrogens is 2. The third-order valence-electron chi connectivity index (χ3n) is 4.84. The average molecular weight is 383 g/mol. The highest BCUT2D eigenvalue weighted by atomic mass is 19.1. The van der Waals surface area contributed by atoms with Gasteiger partial charge < -0.3 is 14.2 Å². The van der Waals surface area contributed by atoms with Crippen LogP contribution in [0.3, 0.4) is 0 Å². The van der Waals surface area contributed by atoms with E-state index >= 15 is 0 Å². The summed E-state index contributed by atoms with van der Waals surface area (Å²) in [6.07, 6.45) is 1.73. The van der Waals surface area contributed by atoms with Crippen LogP contribution in [0, 0.1) is 0 Å². The van der Waals surface area contributed by atoms with Gasteiger partial charge in [0.25, 0.3) is 0 Å². The van der Waals surface area contributed by atoms with Crippen molar-refractivity contribution in [1.29, 1.82) is 0 Å². The molecule has 146 valence electrons. The summed E-state index contributed by atoms with van der Waals surface area (Å²) in [7, 11) is 3.86. The van der Waals surface area contributed by atoms with Gasteiger partial charge in [0.1, 0.15) is 18.0 Å². The van der Waals surface area contributed by atoms with Crippen LogP contribution in [-0.4, -0.2) is 67.7 Å². The molecule has 4 rings (SSSR count). The van der Waals surface area contributed by atoms with Crippen molar-refractivity contribution in [3.8, 4) is 11.5 Å². The molecule has 3 heterocycles. The number of alkyl halides is 1. The predicted molar refractivity (Wildman–Crippen MR) is 106 cm³/mol. The van der Waals surface area contributed by atoms with Gasteiger partial charge in [-0.1, -0.05) is 0 Å². The number of hydrogen-bond donors (Lipinski definition) is 0. The van der Waals surface area contributed by atoms with Crippen molar-refractivity contribution in [1.82, 2.24) is 14.9 Å². The molecule has 0 bridgehead atoms. The lowest BCUT2D eigenvalue weighted by atomic mass is 10.2. The summed E-state index contributed by atoms with van der Waals surface area (Å²) in [5.74, 6) is 1.31. The highest BCUT2D eigenvalue weighted by Gasteiger charge is 2.25. The largest absolute Gasteiger partial charge is 0.436 e. The molecular formula is C20H22FN5O2. The van der Waals surface area contributed by atoms with E-state index in [9.17, 15) is 9.18 Å². The molecule has 3 aromatic rings. The quantitative estimate of drug-likeness (QED) is 0.675. The van der Waals surface area contributed by atoms with E-state index in [0.717, 1.165) is 17.1 Å². The van der Waals surface area contributed by atoms with Crippen LogP contribution in [0.2, 0.25) is 0 Å². The van der Waals surface area contributed by atoms with Gasteiger partial charge in [0.15, 0.2) is 5.58 Å². The second-order valence-electron chi connectivity index (χ2n) is 6.98. The Morgan fingerprint density at radius 1 is 1.21 bits per heavy atom. The van der Waals surface area contributed by atoms with E-state index in [1.807, 2.05) is 54.2 Å². The summed E-state index contributed by atoms with van der Waals surface area (Å²) in [5.41, 5.74) is 2.90. The van der Waals surface area contributed by atoms with Gasteiger partial charge >= 0.3 is 0 Å². The minimum absolute atomic E-state index is 0.0359. The smallest absolute Gasteiger partial charge is 0.241 e. The normalized spacial score (nSPS) is 15.4. The van der Waals surface area contributed by atoms with E-state index in [2.05, 4.69) is 9.97 Å². The molecule has 8 heteroatoms. The molecule has 1 aromatic carbocycles. The van der Waals surface area contributed by atoms with Crippen LogP contribution >= 0.6 is 0 Å². The first-order valence-corrected chi connectivity index (χ1v) is 9.18. The molecule has 1 aliphatic rings. The number of pyridine rings is 1. The van der Waals surface area contributed by atoms with Crippen LogP contribution in [0.4, 0.5) is 15.9 Å². The van der Waals surface area contributed by atoms with Crippen LogP contribution in [0.15, 0.2) is 40.9 Å². The number of carbonyl (C=O) groups is 1. The molecule has 0 unspecified atom stereocenters. The van der Waals surface area contributed by atoms with Crippen LogP contribution in [0.1, 0.15) is 0 Å². The number of carbonyl (C=O) groups excluding carboxylic acids is 1. The zero-order valence-corrected chi connectivity index (χ0v) is 15.9. The highest BCUT2D eigenvalue weighted by molar-refractivity contribution is 5.97. The monoisotopic (exact) mass is 383 g/mol. The van der Waals surface area contributed by atoms with Gasteiger partial charge in [-0.2, -0.15) is 0 Å². The summed E-state index contributed by atoms with van der Waals surface area (Å²) < 4.78 is 18.4. The number of benzene rings is 1. The maximum absolute atomic E-state index is 12.5. The van der Waals surface area contributed by atoms with Crippen molar-refractivity contribution in [3.63, 3.8) is 0 Å². The van der Waals surface area contributed by atoms with Gasteiger partial charge in [-0.3, -0.25) is 9.69 Å². The van der Waals surface area contributed by atoms with Gasteiger partial charge in [0.05, 0.1) is 12.1 Å². The molecule has 0 spiro atoms. The molecule has 1 amide bonds. The first-order chi connectivity index (χ1) is 13.5. The first-order valence-electron chi connectivity index (χ1n) is 9.18. The van der Waals surface area contributed by atoms with Crippen molar-refractivity contribution < 1.29 is 13.6 Å². The van der Waals surface area contributed by atoms with Crippen molar-refractivity contribution in [2.75, 3.05) is 56.7 Å². The Labute approximate surface area is 162 Å². The molecule has 28 heavy (non-hydrogen) atoms. The number of rotatable bonds is 5. The van der Waals surface area contributed by atoms with Crippen molar-refractivity contribution in [3.05, 3.63) is 36.5 Å². The summed E-state index contributed by atoms with van der Waals surface area (Å²) in [5, 5.41) is 0. The van der Waals surface area contributed by atoms with E-state index in [-0.39, 0.29) is 12.5 Å². The predicted octanol–water partition coefficient (Wildman–Crippen LogP) is 2.57. The summed E-state index contributed by atoms with van der Waals surface area (Å²) >= 11 is 0. The minimum atomic E-state index is -0.439. The molecule has 0 atom stereocenters. The van der Waals surface area contributed by atoms with Crippen LogP contribution < -0.4 is 9.80 Å². The lowest BCUT2D eigenvalue weighted by molar-refractivity contribution is -0.121. The summed E-state index contributed by atoms with van der Waals surface area (Å²) in [6.45, 7) is 1.28. The number of anilines is 2. The fourth-order valence-electron chi connectivity index (χ4n) is 3.29. The van der Waals surface area contributed by atoms with Gasteiger partial charge in [-0.05, 0) is 30.3 Å². The van der Waals surface area contributed by atoms with Gasteiger partial charge in [0, 0.05) is 45.6 Å². The first kappa shape index (κ1) is 18.4. The van der Waals surface area contributed by atoms with Gasteiger partial charge in [-0.25, -0.2) is 14.4 Å². The molecule has 1 aliphatic heterocycles. The number of piperazine rings is 1. The fraction of sp³-hybridized carbons (Fsp3) is 0.350. The number of amides is 1. The Balaban J connectivity index is 1.57. The molecule has 0 aliphatic carbocycles. The minimum Gasteiger partial charge on any atom is -0.436 e. The highest BCUT2D eigenvalue weighted by Crippen LogP contribution is 2.28. The molecule has 2 aromatic heterocycles. The Morgan fingerprint density at radius 3 is 2.75 bits per heavy atom. The second kappa shape index (κ2) is 7.55. The van der Waals surface area contributed by atoms with Crippen molar-refractivity contribution in [2.24, 2.45) is 0 Å². The van der Waals surface area contributed by atoms with Gasteiger partial charge in [-0.15, -0.1) is 0 Å². The number of oxazole rings is 1. The third-order valence-corrected chi connectivity index (χ3v) is 4.84. The molecule has 0 radical (unpaired) electrons.